The lowest BCUT2D eigenvalue weighted by Crippen LogP contribution is -2.30. The first-order valence-corrected chi connectivity index (χ1v) is 14.6. The number of benzene rings is 4. The Kier molecular flexibility index (Phi) is 11.1. The van der Waals surface area contributed by atoms with E-state index >= 15 is 0 Å². The van der Waals surface area contributed by atoms with Gasteiger partial charge in [0.25, 0.3) is 11.8 Å². The summed E-state index contributed by atoms with van der Waals surface area (Å²) in [6, 6.07) is 27.7. The molecule has 0 saturated carbocycles. The number of carbonyl (C=O) groups excluding carboxylic acids is 3. The fourth-order valence-electron chi connectivity index (χ4n) is 3.70. The standard InChI is InChI=1S/C32H27Cl2N3O4S/c1-2-41-25-13-8-21(9-14-25)18-29(37-31(39)22-6-4-3-5-7-22)32(40)35-24-11-15-26(16-12-24)42-20-30(38)36-28-19-23(33)10-17-27(28)34/h3-19H,2,20H2,1H3,(H,35,40)(H,36,38)(H,37,39)/b29-18-. The van der Waals surface area contributed by atoms with Crippen LogP contribution in [0.3, 0.4) is 0 Å². The minimum atomic E-state index is -0.494. The van der Waals surface area contributed by atoms with Gasteiger partial charge in [0.05, 0.1) is 23.1 Å². The van der Waals surface area contributed by atoms with Crippen molar-refractivity contribution in [1.29, 1.82) is 0 Å². The Morgan fingerprint density at radius 1 is 0.857 bits per heavy atom. The van der Waals surface area contributed by atoms with Crippen LogP contribution < -0.4 is 20.7 Å². The Hall–Kier alpha value is -4.24. The van der Waals surface area contributed by atoms with E-state index < -0.39 is 11.8 Å². The van der Waals surface area contributed by atoms with Crippen molar-refractivity contribution in [3.05, 3.63) is 124 Å². The minimum Gasteiger partial charge on any atom is -0.494 e. The zero-order chi connectivity index (χ0) is 29.9. The zero-order valence-corrected chi connectivity index (χ0v) is 24.9. The SMILES string of the molecule is CCOc1ccc(/C=C(\NC(=O)c2ccccc2)C(=O)Nc2ccc(SCC(=O)Nc3cc(Cl)ccc3Cl)cc2)cc1. The van der Waals surface area contributed by atoms with Crippen LogP contribution in [0.1, 0.15) is 22.8 Å². The molecular weight excluding hydrogens is 593 g/mol. The summed E-state index contributed by atoms with van der Waals surface area (Å²) in [5.74, 6) is -0.287. The average molecular weight is 621 g/mol. The third kappa shape index (κ3) is 9.14. The molecule has 0 radical (unpaired) electrons. The highest BCUT2D eigenvalue weighted by Gasteiger charge is 2.15. The molecule has 4 aromatic rings. The van der Waals surface area contributed by atoms with Gasteiger partial charge in [-0.2, -0.15) is 0 Å². The average Bonchev–Trinajstić information content (AvgIpc) is 3.00. The number of carbonyl (C=O) groups is 3. The van der Waals surface area contributed by atoms with Crippen molar-refractivity contribution in [3.8, 4) is 5.75 Å². The monoisotopic (exact) mass is 619 g/mol. The molecule has 42 heavy (non-hydrogen) atoms. The molecule has 0 atom stereocenters. The highest BCUT2D eigenvalue weighted by atomic mass is 35.5. The minimum absolute atomic E-state index is 0.0720. The first kappa shape index (κ1) is 30.7. The van der Waals surface area contributed by atoms with Crippen molar-refractivity contribution < 1.29 is 19.1 Å². The van der Waals surface area contributed by atoms with Gasteiger partial charge in [-0.3, -0.25) is 14.4 Å². The van der Waals surface area contributed by atoms with Gasteiger partial charge < -0.3 is 20.7 Å². The van der Waals surface area contributed by atoms with Crippen LogP contribution in [0.2, 0.25) is 10.0 Å². The van der Waals surface area contributed by atoms with Crippen LogP contribution in [0, 0.1) is 0 Å². The molecule has 0 heterocycles. The number of amides is 3. The lowest BCUT2D eigenvalue weighted by atomic mass is 10.1. The highest BCUT2D eigenvalue weighted by Crippen LogP contribution is 2.26. The van der Waals surface area contributed by atoms with Crippen LogP contribution in [0.15, 0.2) is 108 Å². The topological polar surface area (TPSA) is 96.5 Å². The van der Waals surface area contributed by atoms with Gasteiger partial charge in [0.2, 0.25) is 5.91 Å². The summed E-state index contributed by atoms with van der Waals surface area (Å²) in [7, 11) is 0. The summed E-state index contributed by atoms with van der Waals surface area (Å²) in [6.45, 7) is 2.44. The molecule has 0 fully saturated rings. The molecule has 3 N–H and O–H groups in total. The van der Waals surface area contributed by atoms with Crippen LogP contribution in [-0.2, 0) is 9.59 Å². The largest absolute Gasteiger partial charge is 0.494 e. The number of anilines is 2. The van der Waals surface area contributed by atoms with E-state index in [2.05, 4.69) is 16.0 Å². The number of ether oxygens (including phenoxy) is 1. The zero-order valence-electron chi connectivity index (χ0n) is 22.5. The predicted octanol–water partition coefficient (Wildman–Crippen LogP) is 7.53. The van der Waals surface area contributed by atoms with Crippen molar-refractivity contribution in [1.82, 2.24) is 5.32 Å². The van der Waals surface area contributed by atoms with E-state index in [1.165, 1.54) is 11.8 Å². The molecule has 0 aliphatic rings. The maximum Gasteiger partial charge on any atom is 0.272 e. The lowest BCUT2D eigenvalue weighted by Gasteiger charge is -2.12. The summed E-state index contributed by atoms with van der Waals surface area (Å²) in [5.41, 5.74) is 2.17. The molecule has 7 nitrogen and oxygen atoms in total. The molecule has 0 aromatic heterocycles. The van der Waals surface area contributed by atoms with Gasteiger partial charge in [-0.1, -0.05) is 53.5 Å². The van der Waals surface area contributed by atoms with E-state index in [0.717, 1.165) is 4.90 Å². The molecule has 214 valence electrons. The first-order chi connectivity index (χ1) is 20.3. The molecule has 3 amide bonds. The Bertz CT molecular complexity index is 1580. The molecular formula is C32H27Cl2N3O4S. The molecule has 4 rings (SSSR count). The van der Waals surface area contributed by atoms with E-state index in [4.69, 9.17) is 27.9 Å². The van der Waals surface area contributed by atoms with Crippen LogP contribution >= 0.6 is 35.0 Å². The number of hydrogen-bond donors (Lipinski definition) is 3. The number of rotatable bonds is 11. The second kappa shape index (κ2) is 15.1. The van der Waals surface area contributed by atoms with Crippen molar-refractivity contribution >= 4 is 70.1 Å². The molecule has 0 spiro atoms. The fourth-order valence-corrected chi connectivity index (χ4v) is 4.73. The Morgan fingerprint density at radius 2 is 1.57 bits per heavy atom. The summed E-state index contributed by atoms with van der Waals surface area (Å²) >= 11 is 13.4. The maximum atomic E-state index is 13.3. The quantitative estimate of drug-likeness (QED) is 0.119. The second-order valence-corrected chi connectivity index (χ2v) is 10.7. The first-order valence-electron chi connectivity index (χ1n) is 12.9. The summed E-state index contributed by atoms with van der Waals surface area (Å²) in [5, 5.41) is 9.16. The van der Waals surface area contributed by atoms with Gasteiger partial charge in [0.15, 0.2) is 0 Å². The summed E-state index contributed by atoms with van der Waals surface area (Å²) < 4.78 is 5.49. The summed E-state index contributed by atoms with van der Waals surface area (Å²) in [4.78, 5) is 39.4. The molecule has 0 saturated heterocycles. The number of halogens is 2. The normalized spacial score (nSPS) is 11.0. The Labute approximate surface area is 258 Å². The van der Waals surface area contributed by atoms with Crippen molar-refractivity contribution in [2.45, 2.75) is 11.8 Å². The third-order valence-corrected chi connectivity index (χ3v) is 7.29. The maximum absolute atomic E-state index is 13.3. The van der Waals surface area contributed by atoms with Gasteiger partial charge >= 0.3 is 0 Å². The molecule has 0 aliphatic carbocycles. The van der Waals surface area contributed by atoms with Crippen LogP contribution in [0.4, 0.5) is 11.4 Å². The molecule has 4 aromatic carbocycles. The van der Waals surface area contributed by atoms with Gasteiger partial charge in [-0.25, -0.2) is 0 Å². The molecule has 0 unspecified atom stereocenters. The van der Waals surface area contributed by atoms with Crippen LogP contribution in [-0.4, -0.2) is 30.1 Å². The van der Waals surface area contributed by atoms with Crippen molar-refractivity contribution in [3.63, 3.8) is 0 Å². The number of nitrogens with one attached hydrogen (secondary N) is 3. The third-order valence-electron chi connectivity index (χ3n) is 5.72. The van der Waals surface area contributed by atoms with E-state index in [0.29, 0.717) is 44.9 Å². The Balaban J connectivity index is 1.41. The van der Waals surface area contributed by atoms with E-state index in [9.17, 15) is 14.4 Å². The smallest absolute Gasteiger partial charge is 0.272 e. The lowest BCUT2D eigenvalue weighted by molar-refractivity contribution is -0.114. The van der Waals surface area contributed by atoms with Gasteiger partial charge in [0, 0.05) is 21.2 Å². The Morgan fingerprint density at radius 3 is 2.26 bits per heavy atom. The summed E-state index contributed by atoms with van der Waals surface area (Å²) in [6.07, 6.45) is 1.60. The van der Waals surface area contributed by atoms with Crippen molar-refractivity contribution in [2.75, 3.05) is 23.0 Å². The fraction of sp³-hybridized carbons (Fsp3) is 0.0938. The second-order valence-electron chi connectivity index (χ2n) is 8.82. The highest BCUT2D eigenvalue weighted by molar-refractivity contribution is 8.00. The van der Waals surface area contributed by atoms with Gasteiger partial charge in [0.1, 0.15) is 11.4 Å². The van der Waals surface area contributed by atoms with Crippen LogP contribution in [0.5, 0.6) is 5.75 Å². The molecule has 0 aliphatic heterocycles. The molecule has 10 heteroatoms. The molecule has 0 bridgehead atoms. The van der Waals surface area contributed by atoms with Gasteiger partial charge in [-0.15, -0.1) is 11.8 Å². The predicted molar refractivity (Wildman–Crippen MR) is 170 cm³/mol. The van der Waals surface area contributed by atoms with Gasteiger partial charge in [-0.05, 0) is 85.3 Å². The van der Waals surface area contributed by atoms with E-state index in [1.54, 1.807) is 97.1 Å². The van der Waals surface area contributed by atoms with E-state index in [-0.39, 0.29) is 17.4 Å². The number of thioether (sulfide) groups is 1. The van der Waals surface area contributed by atoms with Crippen molar-refractivity contribution in [2.24, 2.45) is 0 Å². The van der Waals surface area contributed by atoms with Crippen LogP contribution in [0.25, 0.3) is 6.08 Å². The van der Waals surface area contributed by atoms with E-state index in [1.807, 2.05) is 13.0 Å². The number of hydrogen-bond acceptors (Lipinski definition) is 5.